The molecule has 0 amide bonds. The summed E-state index contributed by atoms with van der Waals surface area (Å²) < 4.78 is 0. The van der Waals surface area contributed by atoms with Crippen LogP contribution in [0, 0.1) is 12.8 Å². The fourth-order valence-electron chi connectivity index (χ4n) is 2.27. The van der Waals surface area contributed by atoms with Gasteiger partial charge >= 0.3 is 0 Å². The van der Waals surface area contributed by atoms with Gasteiger partial charge in [0.25, 0.3) is 0 Å². The lowest BCUT2D eigenvalue weighted by Crippen LogP contribution is -2.28. The van der Waals surface area contributed by atoms with Gasteiger partial charge in [0.05, 0.1) is 0 Å². The molecule has 88 valence electrons. The molecule has 1 aliphatic carbocycles. The first-order chi connectivity index (χ1) is 7.74. The van der Waals surface area contributed by atoms with Crippen LogP contribution in [0.4, 0.5) is 0 Å². The van der Waals surface area contributed by atoms with E-state index in [4.69, 9.17) is 0 Å². The van der Waals surface area contributed by atoms with Gasteiger partial charge in [-0.1, -0.05) is 42.7 Å². The first-order valence-corrected chi connectivity index (χ1v) is 6.53. The van der Waals surface area contributed by atoms with Gasteiger partial charge in [-0.2, -0.15) is 0 Å². The fourth-order valence-corrected chi connectivity index (χ4v) is 2.27. The van der Waals surface area contributed by atoms with E-state index in [9.17, 15) is 0 Å². The second kappa shape index (κ2) is 5.49. The van der Waals surface area contributed by atoms with Crippen molar-refractivity contribution in [2.45, 2.75) is 45.6 Å². The molecule has 16 heavy (non-hydrogen) atoms. The Morgan fingerprint density at radius 2 is 2.19 bits per heavy atom. The Morgan fingerprint density at radius 3 is 2.88 bits per heavy atom. The molecule has 0 aliphatic heterocycles. The van der Waals surface area contributed by atoms with Crippen molar-refractivity contribution >= 4 is 0 Å². The Bertz CT molecular complexity index is 328. The standard InChI is InChI=1S/C15H23N/c1-12-4-3-5-14(10-12)8-9-16-13(2)11-15-6-7-15/h3-5,10,13,15-16H,6-9,11H2,1-2H3. The first-order valence-electron chi connectivity index (χ1n) is 6.53. The number of benzene rings is 1. The highest BCUT2D eigenvalue weighted by molar-refractivity contribution is 5.22. The molecule has 2 rings (SSSR count). The molecule has 1 atom stereocenters. The molecule has 1 aromatic carbocycles. The van der Waals surface area contributed by atoms with E-state index >= 15 is 0 Å². The van der Waals surface area contributed by atoms with Gasteiger partial charge in [-0.3, -0.25) is 0 Å². The molecule has 0 aromatic heterocycles. The number of rotatable bonds is 6. The summed E-state index contributed by atoms with van der Waals surface area (Å²) in [6.07, 6.45) is 5.44. The van der Waals surface area contributed by atoms with E-state index in [0.717, 1.165) is 18.9 Å². The number of hydrogen-bond acceptors (Lipinski definition) is 1. The van der Waals surface area contributed by atoms with Gasteiger partial charge in [-0.25, -0.2) is 0 Å². The SMILES string of the molecule is Cc1cccc(CCNC(C)CC2CC2)c1. The summed E-state index contributed by atoms with van der Waals surface area (Å²) in [6.45, 7) is 5.58. The third-order valence-corrected chi connectivity index (χ3v) is 3.37. The van der Waals surface area contributed by atoms with Gasteiger partial charge in [0, 0.05) is 6.04 Å². The van der Waals surface area contributed by atoms with E-state index in [-0.39, 0.29) is 0 Å². The Kier molecular flexibility index (Phi) is 4.00. The van der Waals surface area contributed by atoms with Gasteiger partial charge in [0.1, 0.15) is 0 Å². The zero-order valence-corrected chi connectivity index (χ0v) is 10.5. The minimum Gasteiger partial charge on any atom is -0.314 e. The zero-order chi connectivity index (χ0) is 11.4. The van der Waals surface area contributed by atoms with Crippen molar-refractivity contribution in [1.82, 2.24) is 5.32 Å². The summed E-state index contributed by atoms with van der Waals surface area (Å²) in [5.41, 5.74) is 2.81. The molecule has 1 aliphatic rings. The lowest BCUT2D eigenvalue weighted by molar-refractivity contribution is 0.491. The molecule has 1 fully saturated rings. The highest BCUT2D eigenvalue weighted by Crippen LogP contribution is 2.33. The van der Waals surface area contributed by atoms with Crippen LogP contribution in [0.3, 0.4) is 0 Å². The van der Waals surface area contributed by atoms with Crippen LogP contribution in [-0.2, 0) is 6.42 Å². The van der Waals surface area contributed by atoms with Crippen molar-refractivity contribution in [3.8, 4) is 0 Å². The minimum atomic E-state index is 0.692. The van der Waals surface area contributed by atoms with E-state index in [1.165, 1.54) is 30.4 Å². The van der Waals surface area contributed by atoms with E-state index in [1.807, 2.05) is 0 Å². The Balaban J connectivity index is 1.66. The van der Waals surface area contributed by atoms with Gasteiger partial charge in [0.2, 0.25) is 0 Å². The highest BCUT2D eigenvalue weighted by Gasteiger charge is 2.22. The predicted octanol–water partition coefficient (Wildman–Crippen LogP) is 3.32. The maximum atomic E-state index is 3.62. The average Bonchev–Trinajstić information content (AvgIpc) is 3.02. The van der Waals surface area contributed by atoms with E-state index in [0.29, 0.717) is 6.04 Å². The summed E-state index contributed by atoms with van der Waals surface area (Å²) >= 11 is 0. The van der Waals surface area contributed by atoms with Crippen LogP contribution in [0.2, 0.25) is 0 Å². The van der Waals surface area contributed by atoms with Crippen LogP contribution >= 0.6 is 0 Å². The molecule has 0 heterocycles. The number of hydrogen-bond donors (Lipinski definition) is 1. The minimum absolute atomic E-state index is 0.692. The second-order valence-electron chi connectivity index (χ2n) is 5.27. The lowest BCUT2D eigenvalue weighted by atomic mass is 10.1. The smallest absolute Gasteiger partial charge is 0.00414 e. The van der Waals surface area contributed by atoms with Crippen molar-refractivity contribution in [3.05, 3.63) is 35.4 Å². The van der Waals surface area contributed by atoms with Crippen LogP contribution in [0.15, 0.2) is 24.3 Å². The normalized spacial score (nSPS) is 17.4. The number of nitrogens with one attached hydrogen (secondary N) is 1. The molecule has 0 radical (unpaired) electrons. The van der Waals surface area contributed by atoms with Crippen LogP contribution < -0.4 is 5.32 Å². The first kappa shape index (κ1) is 11.7. The maximum absolute atomic E-state index is 3.62. The third kappa shape index (κ3) is 3.97. The van der Waals surface area contributed by atoms with Crippen molar-refractivity contribution in [2.24, 2.45) is 5.92 Å². The summed E-state index contributed by atoms with van der Waals surface area (Å²) in [7, 11) is 0. The van der Waals surface area contributed by atoms with Gasteiger partial charge < -0.3 is 5.32 Å². The quantitative estimate of drug-likeness (QED) is 0.771. The van der Waals surface area contributed by atoms with Crippen molar-refractivity contribution < 1.29 is 0 Å². The molecule has 1 heteroatoms. The Morgan fingerprint density at radius 1 is 1.38 bits per heavy atom. The summed E-state index contributed by atoms with van der Waals surface area (Å²) in [5.74, 6) is 1.03. The van der Waals surface area contributed by atoms with Gasteiger partial charge in [0.15, 0.2) is 0 Å². The van der Waals surface area contributed by atoms with Crippen molar-refractivity contribution in [2.75, 3.05) is 6.54 Å². The Labute approximate surface area is 99.3 Å². The molecule has 0 saturated heterocycles. The monoisotopic (exact) mass is 217 g/mol. The lowest BCUT2D eigenvalue weighted by Gasteiger charge is -2.13. The maximum Gasteiger partial charge on any atom is 0.00414 e. The molecule has 1 aromatic rings. The van der Waals surface area contributed by atoms with Gasteiger partial charge in [-0.15, -0.1) is 0 Å². The van der Waals surface area contributed by atoms with Gasteiger partial charge in [-0.05, 0) is 44.7 Å². The van der Waals surface area contributed by atoms with E-state index in [1.54, 1.807) is 0 Å². The van der Waals surface area contributed by atoms with Crippen LogP contribution in [0.25, 0.3) is 0 Å². The molecular formula is C15H23N. The molecule has 1 unspecified atom stereocenters. The molecule has 0 bridgehead atoms. The van der Waals surface area contributed by atoms with Crippen molar-refractivity contribution in [3.63, 3.8) is 0 Å². The van der Waals surface area contributed by atoms with Crippen LogP contribution in [0.1, 0.15) is 37.3 Å². The van der Waals surface area contributed by atoms with Crippen LogP contribution in [0.5, 0.6) is 0 Å². The van der Waals surface area contributed by atoms with Crippen LogP contribution in [-0.4, -0.2) is 12.6 Å². The third-order valence-electron chi connectivity index (χ3n) is 3.37. The molecule has 1 saturated carbocycles. The van der Waals surface area contributed by atoms with E-state index < -0.39 is 0 Å². The van der Waals surface area contributed by atoms with E-state index in [2.05, 4.69) is 43.4 Å². The molecular weight excluding hydrogens is 194 g/mol. The second-order valence-corrected chi connectivity index (χ2v) is 5.27. The Hall–Kier alpha value is -0.820. The highest BCUT2D eigenvalue weighted by atomic mass is 14.9. The number of aryl methyl sites for hydroxylation is 1. The summed E-state index contributed by atoms with van der Waals surface area (Å²) in [5, 5.41) is 3.62. The predicted molar refractivity (Wildman–Crippen MR) is 69.7 cm³/mol. The average molecular weight is 217 g/mol. The zero-order valence-electron chi connectivity index (χ0n) is 10.5. The molecule has 1 nitrogen and oxygen atoms in total. The fraction of sp³-hybridized carbons (Fsp3) is 0.600. The summed E-state index contributed by atoms with van der Waals surface area (Å²) in [6, 6.07) is 9.51. The topological polar surface area (TPSA) is 12.0 Å². The summed E-state index contributed by atoms with van der Waals surface area (Å²) in [4.78, 5) is 0. The molecule has 0 spiro atoms. The molecule has 1 N–H and O–H groups in total. The largest absolute Gasteiger partial charge is 0.314 e. The van der Waals surface area contributed by atoms with Crippen molar-refractivity contribution in [1.29, 1.82) is 0 Å².